The van der Waals surface area contributed by atoms with Crippen LogP contribution in [0.1, 0.15) is 25.0 Å². The number of aromatic nitrogens is 1. The van der Waals surface area contributed by atoms with Crippen molar-refractivity contribution in [3.05, 3.63) is 77.1 Å². The Balaban J connectivity index is 0.000000425. The van der Waals surface area contributed by atoms with Crippen LogP contribution in [0.15, 0.2) is 48.2 Å². The molecule has 0 bridgehead atoms. The van der Waals surface area contributed by atoms with Crippen molar-refractivity contribution < 1.29 is 38.8 Å². The van der Waals surface area contributed by atoms with Gasteiger partial charge in [0.25, 0.3) is 0 Å². The van der Waals surface area contributed by atoms with E-state index in [-0.39, 0.29) is 43.3 Å². The van der Waals surface area contributed by atoms with E-state index in [9.17, 15) is 13.6 Å². The van der Waals surface area contributed by atoms with E-state index in [1.54, 1.807) is 32.0 Å². The van der Waals surface area contributed by atoms with Crippen molar-refractivity contribution in [2.75, 3.05) is 0 Å². The van der Waals surface area contributed by atoms with Gasteiger partial charge in [0, 0.05) is 37.4 Å². The first kappa shape index (κ1) is 23.6. The predicted octanol–water partition coefficient (Wildman–Crippen LogP) is 5.63. The van der Waals surface area contributed by atoms with E-state index in [1.807, 2.05) is 6.07 Å². The number of ketones is 1. The second-order valence-electron chi connectivity index (χ2n) is 6.26. The molecule has 6 heteroatoms. The molecule has 1 heterocycles. The van der Waals surface area contributed by atoms with Crippen LogP contribution < -0.4 is 0 Å². The van der Waals surface area contributed by atoms with E-state index in [4.69, 9.17) is 5.11 Å². The molecular formula is C22H20F2IrNO2-. The van der Waals surface area contributed by atoms with Crippen molar-refractivity contribution in [1.29, 1.82) is 0 Å². The molecule has 3 rings (SSSR count). The van der Waals surface area contributed by atoms with Gasteiger partial charge in [-0.3, -0.25) is 14.2 Å². The maximum absolute atomic E-state index is 13.5. The Morgan fingerprint density at radius 1 is 1.07 bits per heavy atom. The van der Waals surface area contributed by atoms with Gasteiger partial charge in [-0.15, -0.1) is 23.8 Å². The molecule has 0 aliphatic carbocycles. The largest absolute Gasteiger partial charge is 0.512 e. The summed E-state index contributed by atoms with van der Waals surface area (Å²) in [6, 6.07) is 12.7. The van der Waals surface area contributed by atoms with Gasteiger partial charge in [0.2, 0.25) is 0 Å². The van der Waals surface area contributed by atoms with Crippen LogP contribution in [0.3, 0.4) is 0 Å². The van der Waals surface area contributed by atoms with Crippen LogP contribution >= 0.6 is 0 Å². The Kier molecular flexibility index (Phi) is 8.61. The van der Waals surface area contributed by atoms with Gasteiger partial charge >= 0.3 is 0 Å². The molecule has 0 saturated heterocycles. The number of hydrogen-bond donors (Lipinski definition) is 1. The first-order valence-corrected chi connectivity index (χ1v) is 8.30. The molecule has 0 atom stereocenters. The monoisotopic (exact) mass is 561 g/mol. The number of rotatable bonds is 2. The number of hydrogen-bond acceptors (Lipinski definition) is 3. The number of allylic oxidation sites excluding steroid dienone is 2. The topological polar surface area (TPSA) is 50.2 Å². The molecule has 1 aromatic heterocycles. The molecule has 0 saturated carbocycles. The first-order chi connectivity index (χ1) is 12.7. The Labute approximate surface area is 176 Å². The first-order valence-electron chi connectivity index (χ1n) is 8.30. The maximum Gasteiger partial charge on any atom is 0.155 e. The van der Waals surface area contributed by atoms with Gasteiger partial charge in [-0.25, -0.2) is 4.39 Å². The third-order valence-electron chi connectivity index (χ3n) is 3.75. The molecule has 3 aromatic rings. The Morgan fingerprint density at radius 2 is 1.71 bits per heavy atom. The summed E-state index contributed by atoms with van der Waals surface area (Å²) < 4.78 is 26.8. The number of halogens is 2. The van der Waals surface area contributed by atoms with Crippen LogP contribution in [0.25, 0.3) is 22.2 Å². The number of nitrogens with zero attached hydrogens (tertiary/aromatic N) is 1. The number of pyridine rings is 1. The summed E-state index contributed by atoms with van der Waals surface area (Å²) in [5.74, 6) is -0.587. The van der Waals surface area contributed by atoms with E-state index >= 15 is 0 Å². The molecular weight excluding hydrogens is 540 g/mol. The summed E-state index contributed by atoms with van der Waals surface area (Å²) >= 11 is 0. The van der Waals surface area contributed by atoms with Crippen molar-refractivity contribution in [3.63, 3.8) is 0 Å². The van der Waals surface area contributed by atoms with E-state index in [0.29, 0.717) is 16.8 Å². The summed E-state index contributed by atoms with van der Waals surface area (Å²) in [6.07, 6.45) is 1.17. The van der Waals surface area contributed by atoms with Gasteiger partial charge in [0.05, 0.1) is 11.3 Å². The summed E-state index contributed by atoms with van der Waals surface area (Å²) in [7, 11) is 0. The van der Waals surface area contributed by atoms with Crippen molar-refractivity contribution in [1.82, 2.24) is 4.98 Å². The average Bonchev–Trinajstić information content (AvgIpc) is 2.57. The Morgan fingerprint density at radius 3 is 2.25 bits per heavy atom. The SMILES string of the molecule is CC(=O)/C=C(/C)O.Cc1cc(-c2ccc3cc(F)c(C)cc3n2)[c-]cc1F.[Ir]. The zero-order chi connectivity index (χ0) is 20.1. The molecule has 0 amide bonds. The third kappa shape index (κ3) is 6.32. The van der Waals surface area contributed by atoms with Crippen LogP contribution in [0, 0.1) is 31.5 Å². The molecule has 1 radical (unpaired) electrons. The number of aryl methyl sites for hydroxylation is 2. The number of aliphatic hydroxyl groups excluding tert-OH is 1. The number of fused-ring (bicyclic) bond motifs is 1. The fraction of sp³-hybridized carbons (Fsp3) is 0.182. The third-order valence-corrected chi connectivity index (χ3v) is 3.75. The van der Waals surface area contributed by atoms with Crippen molar-refractivity contribution >= 4 is 16.7 Å². The number of aliphatic hydroxyl groups is 1. The normalized spacial score (nSPS) is 10.7. The van der Waals surface area contributed by atoms with Crippen LogP contribution in [0.4, 0.5) is 8.78 Å². The van der Waals surface area contributed by atoms with Crippen molar-refractivity contribution in [2.24, 2.45) is 0 Å². The fourth-order valence-corrected chi connectivity index (χ4v) is 2.42. The van der Waals surface area contributed by atoms with Gasteiger partial charge < -0.3 is 5.11 Å². The van der Waals surface area contributed by atoms with Crippen LogP contribution in [0.2, 0.25) is 0 Å². The standard InChI is InChI=1S/C17H12F2N.C5H8O2.Ir/c1-10-7-12(3-5-14(10)18)16-6-4-13-9-15(19)11(2)8-17(13)20-16;1-4(6)3-5(2)7;/h4-9H,1-2H3;3,6H,1-2H3;/q-1;;/b;4-3-;. The van der Waals surface area contributed by atoms with Gasteiger partial charge in [-0.05, 0) is 44.2 Å². The molecule has 0 spiro atoms. The maximum atomic E-state index is 13.5. The molecule has 3 nitrogen and oxygen atoms in total. The van der Waals surface area contributed by atoms with Crippen LogP contribution in [-0.4, -0.2) is 15.9 Å². The number of benzene rings is 2. The van der Waals surface area contributed by atoms with E-state index in [1.165, 1.54) is 32.1 Å². The van der Waals surface area contributed by atoms with Gasteiger partial charge in [-0.1, -0.05) is 24.6 Å². The number of carbonyl (C=O) groups excluding carboxylic acids is 1. The molecule has 28 heavy (non-hydrogen) atoms. The molecule has 0 fully saturated rings. The fourth-order valence-electron chi connectivity index (χ4n) is 2.42. The molecule has 2 aromatic carbocycles. The Bertz CT molecular complexity index is 1030. The number of carbonyl (C=O) groups is 1. The quantitative estimate of drug-likeness (QED) is 0.251. The summed E-state index contributed by atoms with van der Waals surface area (Å²) in [6.45, 7) is 6.26. The summed E-state index contributed by atoms with van der Waals surface area (Å²) in [4.78, 5) is 14.5. The molecule has 0 aliphatic heterocycles. The summed E-state index contributed by atoms with van der Waals surface area (Å²) in [5, 5.41) is 9.11. The second-order valence-corrected chi connectivity index (χ2v) is 6.26. The van der Waals surface area contributed by atoms with Gasteiger partial charge in [-0.2, -0.15) is 0 Å². The molecule has 149 valence electrons. The molecule has 1 N–H and O–H groups in total. The van der Waals surface area contributed by atoms with E-state index in [2.05, 4.69) is 11.1 Å². The zero-order valence-corrected chi connectivity index (χ0v) is 18.3. The van der Waals surface area contributed by atoms with E-state index < -0.39 is 0 Å². The van der Waals surface area contributed by atoms with Crippen LogP contribution in [-0.2, 0) is 24.9 Å². The average molecular weight is 561 g/mol. The molecule has 0 aliphatic rings. The molecule has 0 unspecified atom stereocenters. The predicted molar refractivity (Wildman–Crippen MR) is 102 cm³/mol. The zero-order valence-electron chi connectivity index (χ0n) is 15.9. The Hall–Kier alpha value is -2.43. The van der Waals surface area contributed by atoms with Gasteiger partial charge in [0.1, 0.15) is 5.82 Å². The minimum absolute atomic E-state index is 0. The minimum Gasteiger partial charge on any atom is -0.512 e. The smallest absolute Gasteiger partial charge is 0.155 e. The van der Waals surface area contributed by atoms with Crippen LogP contribution in [0.5, 0.6) is 0 Å². The summed E-state index contributed by atoms with van der Waals surface area (Å²) in [5.41, 5.74) is 3.26. The van der Waals surface area contributed by atoms with Crippen molar-refractivity contribution in [3.8, 4) is 11.3 Å². The van der Waals surface area contributed by atoms with Gasteiger partial charge in [0.15, 0.2) is 5.78 Å². The second kappa shape index (κ2) is 10.2. The van der Waals surface area contributed by atoms with E-state index in [0.717, 1.165) is 16.5 Å². The minimum atomic E-state index is -0.285. The van der Waals surface area contributed by atoms with Crippen molar-refractivity contribution in [2.45, 2.75) is 27.7 Å².